The highest BCUT2D eigenvalue weighted by Gasteiger charge is 2.38. The number of carbonyl (C=O) groups excluding carboxylic acids is 1. The largest absolute Gasteiger partial charge is 0.508 e. The maximum Gasteiger partial charge on any atom is 0.417 e. The van der Waals surface area contributed by atoms with Gasteiger partial charge in [-0.3, -0.25) is 4.79 Å². The van der Waals surface area contributed by atoms with Crippen molar-refractivity contribution in [1.29, 1.82) is 0 Å². The SMILES string of the molecule is CCCc1c(O)ccc2c(C(F)(F)F)c(CCCCOc3ccc(OC(=O)CC)cc3Cl)c(=O)oc12. The molecule has 0 atom stereocenters. The van der Waals surface area contributed by atoms with E-state index in [1.54, 1.807) is 13.8 Å². The molecule has 6 nitrogen and oxygen atoms in total. The Balaban J connectivity index is 1.74. The summed E-state index contributed by atoms with van der Waals surface area (Å²) in [5.74, 6) is -0.00925. The number of halogens is 4. The van der Waals surface area contributed by atoms with E-state index < -0.39 is 28.9 Å². The van der Waals surface area contributed by atoms with Gasteiger partial charge >= 0.3 is 17.8 Å². The van der Waals surface area contributed by atoms with Gasteiger partial charge in [-0.15, -0.1) is 0 Å². The minimum Gasteiger partial charge on any atom is -0.508 e. The first-order chi connectivity index (χ1) is 17.1. The summed E-state index contributed by atoms with van der Waals surface area (Å²) in [5.41, 5.74) is -2.61. The van der Waals surface area contributed by atoms with E-state index in [1.165, 1.54) is 24.3 Å². The normalized spacial score (nSPS) is 11.6. The predicted octanol–water partition coefficient (Wildman–Crippen LogP) is 6.84. The van der Waals surface area contributed by atoms with Gasteiger partial charge in [-0.25, -0.2) is 4.79 Å². The average Bonchev–Trinajstić information content (AvgIpc) is 2.81. The average molecular weight is 527 g/mol. The Labute approximate surface area is 210 Å². The molecule has 194 valence electrons. The third-order valence-corrected chi connectivity index (χ3v) is 5.83. The van der Waals surface area contributed by atoms with Gasteiger partial charge in [-0.05, 0) is 49.9 Å². The number of carbonyl (C=O) groups is 1. The van der Waals surface area contributed by atoms with Crippen LogP contribution in [0.5, 0.6) is 17.2 Å². The third-order valence-electron chi connectivity index (χ3n) is 5.53. The van der Waals surface area contributed by atoms with Crippen molar-refractivity contribution in [1.82, 2.24) is 0 Å². The first kappa shape index (κ1) is 27.4. The van der Waals surface area contributed by atoms with E-state index in [4.69, 9.17) is 25.5 Å². The van der Waals surface area contributed by atoms with Crippen LogP contribution in [0, 0.1) is 0 Å². The van der Waals surface area contributed by atoms with Crippen LogP contribution in [0.1, 0.15) is 56.2 Å². The molecule has 0 radical (unpaired) electrons. The van der Waals surface area contributed by atoms with E-state index in [9.17, 15) is 27.9 Å². The first-order valence-electron chi connectivity index (χ1n) is 11.6. The number of aryl methyl sites for hydroxylation is 1. The predicted molar refractivity (Wildman–Crippen MR) is 129 cm³/mol. The summed E-state index contributed by atoms with van der Waals surface area (Å²) in [6, 6.07) is 6.81. The topological polar surface area (TPSA) is 86.0 Å². The van der Waals surface area contributed by atoms with E-state index in [0.29, 0.717) is 18.6 Å². The Morgan fingerprint density at radius 2 is 1.83 bits per heavy atom. The summed E-state index contributed by atoms with van der Waals surface area (Å²) >= 11 is 6.15. The summed E-state index contributed by atoms with van der Waals surface area (Å²) in [6.07, 6.45) is -3.35. The number of benzene rings is 2. The molecule has 0 bridgehead atoms. The van der Waals surface area contributed by atoms with Gasteiger partial charge in [-0.2, -0.15) is 13.2 Å². The molecule has 2 aromatic carbocycles. The quantitative estimate of drug-likeness (QED) is 0.135. The van der Waals surface area contributed by atoms with E-state index in [0.717, 1.165) is 6.07 Å². The van der Waals surface area contributed by atoms with Crippen LogP contribution in [0.4, 0.5) is 13.2 Å². The number of unbranched alkanes of at least 4 members (excludes halogenated alkanes) is 1. The van der Waals surface area contributed by atoms with Crippen LogP contribution in [-0.2, 0) is 23.8 Å². The first-order valence-corrected chi connectivity index (χ1v) is 11.9. The van der Waals surface area contributed by atoms with Gasteiger partial charge in [0.1, 0.15) is 22.8 Å². The van der Waals surface area contributed by atoms with Crippen LogP contribution >= 0.6 is 11.6 Å². The minimum atomic E-state index is -4.78. The molecule has 1 N–H and O–H groups in total. The summed E-state index contributed by atoms with van der Waals surface area (Å²) in [6.45, 7) is 3.61. The third kappa shape index (κ3) is 6.32. The molecule has 3 aromatic rings. The number of hydrogen-bond acceptors (Lipinski definition) is 6. The molecule has 0 fully saturated rings. The fourth-order valence-corrected chi connectivity index (χ4v) is 4.07. The zero-order valence-corrected chi connectivity index (χ0v) is 20.6. The maximum absolute atomic E-state index is 14.0. The number of aromatic hydroxyl groups is 1. The van der Waals surface area contributed by atoms with Crippen molar-refractivity contribution in [3.63, 3.8) is 0 Å². The molecule has 1 aromatic heterocycles. The molecule has 3 rings (SSSR count). The number of rotatable bonds is 10. The molecule has 0 aliphatic carbocycles. The lowest BCUT2D eigenvalue weighted by molar-refractivity contribution is -0.137. The molecule has 0 saturated heterocycles. The lowest BCUT2D eigenvalue weighted by atomic mass is 9.96. The zero-order chi connectivity index (χ0) is 26.5. The van der Waals surface area contributed by atoms with Gasteiger partial charge in [0.25, 0.3) is 0 Å². The van der Waals surface area contributed by atoms with Gasteiger partial charge in [0.15, 0.2) is 0 Å². The summed E-state index contributed by atoms with van der Waals surface area (Å²) in [7, 11) is 0. The Morgan fingerprint density at radius 1 is 1.08 bits per heavy atom. The summed E-state index contributed by atoms with van der Waals surface area (Å²) < 4.78 is 58.1. The molecule has 10 heteroatoms. The van der Waals surface area contributed by atoms with E-state index in [2.05, 4.69) is 0 Å². The van der Waals surface area contributed by atoms with Crippen LogP contribution in [0.2, 0.25) is 5.02 Å². The summed E-state index contributed by atoms with van der Waals surface area (Å²) in [5, 5.41) is 10.1. The van der Waals surface area contributed by atoms with Crippen molar-refractivity contribution in [2.75, 3.05) is 6.61 Å². The second kappa shape index (κ2) is 11.7. The maximum atomic E-state index is 14.0. The van der Waals surface area contributed by atoms with Crippen LogP contribution < -0.4 is 15.1 Å². The molecule has 0 aliphatic rings. The van der Waals surface area contributed by atoms with Gasteiger partial charge in [0, 0.05) is 23.4 Å². The molecule has 1 heterocycles. The van der Waals surface area contributed by atoms with Gasteiger partial charge < -0.3 is 19.0 Å². The van der Waals surface area contributed by atoms with Gasteiger partial charge in [-0.1, -0.05) is 31.9 Å². The van der Waals surface area contributed by atoms with Crippen molar-refractivity contribution in [3.8, 4) is 17.2 Å². The number of phenols is 1. The highest BCUT2D eigenvalue weighted by atomic mass is 35.5. The van der Waals surface area contributed by atoms with Crippen LogP contribution in [-0.4, -0.2) is 17.7 Å². The zero-order valence-electron chi connectivity index (χ0n) is 19.8. The van der Waals surface area contributed by atoms with Crippen molar-refractivity contribution >= 4 is 28.5 Å². The second-order valence-electron chi connectivity index (χ2n) is 8.16. The lowest BCUT2D eigenvalue weighted by Gasteiger charge is -2.16. The smallest absolute Gasteiger partial charge is 0.417 e. The highest BCUT2D eigenvalue weighted by Crippen LogP contribution is 2.39. The summed E-state index contributed by atoms with van der Waals surface area (Å²) in [4.78, 5) is 24.0. The lowest BCUT2D eigenvalue weighted by Crippen LogP contribution is -2.19. The number of phenolic OH excluding ortho intramolecular Hbond substituents is 1. The number of ether oxygens (including phenoxy) is 2. The number of alkyl halides is 3. The fraction of sp³-hybridized carbons (Fsp3) is 0.385. The van der Waals surface area contributed by atoms with Crippen LogP contribution in [0.3, 0.4) is 0 Å². The van der Waals surface area contributed by atoms with Crippen LogP contribution in [0.25, 0.3) is 11.0 Å². The molecule has 0 spiro atoms. The van der Waals surface area contributed by atoms with Crippen molar-refractivity contribution in [2.45, 2.75) is 58.5 Å². The molecule has 0 aliphatic heterocycles. The Bertz CT molecular complexity index is 1300. The molecular formula is C26H26ClF3O6. The van der Waals surface area contributed by atoms with Crippen molar-refractivity contribution in [2.24, 2.45) is 0 Å². The van der Waals surface area contributed by atoms with Crippen molar-refractivity contribution < 1.29 is 37.0 Å². The Morgan fingerprint density at radius 3 is 2.47 bits per heavy atom. The highest BCUT2D eigenvalue weighted by molar-refractivity contribution is 6.32. The molecular weight excluding hydrogens is 501 g/mol. The number of esters is 1. The van der Waals surface area contributed by atoms with Crippen LogP contribution in [0.15, 0.2) is 39.5 Å². The van der Waals surface area contributed by atoms with E-state index in [-0.39, 0.29) is 65.3 Å². The Hall–Kier alpha value is -3.20. The Kier molecular flexibility index (Phi) is 8.89. The monoisotopic (exact) mass is 526 g/mol. The molecule has 0 saturated carbocycles. The fourth-order valence-electron chi connectivity index (χ4n) is 3.84. The van der Waals surface area contributed by atoms with Gasteiger partial charge in [0.2, 0.25) is 0 Å². The molecule has 0 amide bonds. The standard InChI is InChI=1S/C26H26ClF3O6/c1-3-7-16-20(31)11-10-17-23(26(28,29)30)18(25(33)36-24(16)17)8-5-6-13-34-21-12-9-15(14-19(21)27)35-22(32)4-2/h9-12,14,31H,3-8,13H2,1-2H3. The number of fused-ring (bicyclic) bond motifs is 1. The van der Waals surface area contributed by atoms with Crippen molar-refractivity contribution in [3.05, 3.63) is 62.5 Å². The van der Waals surface area contributed by atoms with E-state index >= 15 is 0 Å². The van der Waals surface area contributed by atoms with Gasteiger partial charge in [0.05, 0.1) is 22.8 Å². The molecule has 0 unspecified atom stereocenters. The minimum absolute atomic E-state index is 0.141. The number of hydrogen-bond donors (Lipinski definition) is 1. The molecule has 36 heavy (non-hydrogen) atoms. The van der Waals surface area contributed by atoms with E-state index in [1.807, 2.05) is 0 Å². The second-order valence-corrected chi connectivity index (χ2v) is 8.56.